The van der Waals surface area contributed by atoms with Gasteiger partial charge in [0.1, 0.15) is 37.3 Å². The second-order valence-corrected chi connectivity index (χ2v) is 9.26. The van der Waals surface area contributed by atoms with Crippen molar-refractivity contribution in [3.05, 3.63) is 22.7 Å². The van der Waals surface area contributed by atoms with Gasteiger partial charge in [0.2, 0.25) is 0 Å². The first-order valence-corrected chi connectivity index (χ1v) is 9.80. The van der Waals surface area contributed by atoms with E-state index in [2.05, 4.69) is 4.98 Å². The Kier molecular flexibility index (Phi) is 8.82. The molecule has 1 unspecified atom stereocenters. The summed E-state index contributed by atoms with van der Waals surface area (Å²) in [6, 6.07) is 1.28. The van der Waals surface area contributed by atoms with Crippen LogP contribution < -0.4 is 41.0 Å². The van der Waals surface area contributed by atoms with Gasteiger partial charge in [-0.25, -0.2) is 4.79 Å². The molecular formula is C14H27N4NaO8P+. The number of anilines is 1. The van der Waals surface area contributed by atoms with E-state index in [4.69, 9.17) is 15.0 Å². The zero-order valence-electron chi connectivity index (χ0n) is 17.2. The number of rotatable bonds is 7. The Labute approximate surface area is 185 Å². The number of nitrogens with zero attached hydrogens (tertiary/aromatic N) is 3. The van der Waals surface area contributed by atoms with E-state index >= 15 is 0 Å². The third-order valence-corrected chi connectivity index (χ3v) is 5.58. The SMILES string of the molecule is C[N+](C)(C)CCOP(=O)(O)[C@@H](O)[C@H]1O[C@@H](n2ccc(N)nc2=O)[C@H](O)[C@@H]1O.[H-].[Na+]. The average molecular weight is 433 g/mol. The minimum Gasteiger partial charge on any atom is -1.00 e. The monoisotopic (exact) mass is 433 g/mol. The average Bonchev–Trinajstić information content (AvgIpc) is 2.81. The summed E-state index contributed by atoms with van der Waals surface area (Å²) in [5.41, 5.74) is 4.54. The molecule has 1 aliphatic rings. The van der Waals surface area contributed by atoms with Crippen LogP contribution in [0.1, 0.15) is 7.65 Å². The molecule has 0 radical (unpaired) electrons. The molecule has 12 nitrogen and oxygen atoms in total. The first kappa shape index (κ1) is 25.7. The van der Waals surface area contributed by atoms with Gasteiger partial charge in [0.15, 0.2) is 12.1 Å². The molecule has 0 saturated carbocycles. The van der Waals surface area contributed by atoms with Crippen LogP contribution in [-0.2, 0) is 13.8 Å². The quantitative estimate of drug-likeness (QED) is 0.159. The summed E-state index contributed by atoms with van der Waals surface area (Å²) in [7, 11) is 0.963. The van der Waals surface area contributed by atoms with Crippen LogP contribution in [0.25, 0.3) is 0 Å². The van der Waals surface area contributed by atoms with Crippen molar-refractivity contribution in [3.8, 4) is 0 Å². The van der Waals surface area contributed by atoms with Crippen LogP contribution in [0.15, 0.2) is 17.1 Å². The van der Waals surface area contributed by atoms with Crippen molar-refractivity contribution in [2.75, 3.05) is 40.0 Å². The Morgan fingerprint density at radius 3 is 2.57 bits per heavy atom. The van der Waals surface area contributed by atoms with Gasteiger partial charge in [-0.05, 0) is 6.07 Å². The molecule has 1 aromatic rings. The first-order chi connectivity index (χ1) is 12.3. The molecule has 1 aromatic heterocycles. The number of ether oxygens (including phenoxy) is 1. The van der Waals surface area contributed by atoms with Gasteiger partial charge in [-0.1, -0.05) is 0 Å². The Morgan fingerprint density at radius 1 is 1.43 bits per heavy atom. The molecule has 0 bridgehead atoms. The third-order valence-electron chi connectivity index (χ3n) is 4.07. The van der Waals surface area contributed by atoms with E-state index in [0.717, 1.165) is 4.57 Å². The molecule has 6 N–H and O–H groups in total. The molecule has 2 heterocycles. The first-order valence-electron chi connectivity index (χ1n) is 8.15. The number of quaternary nitrogens is 1. The van der Waals surface area contributed by atoms with Crippen molar-refractivity contribution in [2.45, 2.75) is 30.4 Å². The summed E-state index contributed by atoms with van der Waals surface area (Å²) >= 11 is 0. The van der Waals surface area contributed by atoms with Gasteiger partial charge in [-0.15, -0.1) is 0 Å². The fraction of sp³-hybridized carbons (Fsp3) is 0.714. The van der Waals surface area contributed by atoms with E-state index in [0.29, 0.717) is 11.0 Å². The number of aliphatic hydroxyl groups is 3. The largest absolute Gasteiger partial charge is 1.00 e. The predicted octanol–water partition coefficient (Wildman–Crippen LogP) is -5.21. The Morgan fingerprint density at radius 2 is 2.04 bits per heavy atom. The van der Waals surface area contributed by atoms with Crippen LogP contribution in [0.4, 0.5) is 5.82 Å². The smallest absolute Gasteiger partial charge is 1.00 e. The normalized spacial score (nSPS) is 28.4. The van der Waals surface area contributed by atoms with Crippen LogP contribution >= 0.6 is 7.60 Å². The van der Waals surface area contributed by atoms with Crippen LogP contribution in [0.3, 0.4) is 0 Å². The third kappa shape index (κ3) is 6.07. The molecule has 14 heteroatoms. The maximum atomic E-state index is 12.3. The van der Waals surface area contributed by atoms with Crippen LogP contribution in [0.2, 0.25) is 0 Å². The minimum atomic E-state index is -4.59. The van der Waals surface area contributed by atoms with Gasteiger partial charge >= 0.3 is 42.8 Å². The molecule has 1 fully saturated rings. The summed E-state index contributed by atoms with van der Waals surface area (Å²) in [5.74, 6) is -2.18. The van der Waals surface area contributed by atoms with E-state index in [1.807, 2.05) is 21.1 Å². The molecular weight excluding hydrogens is 406 g/mol. The number of aromatic nitrogens is 2. The number of hydrogen-bond donors (Lipinski definition) is 5. The number of likely N-dealkylation sites (N-methyl/N-ethyl adjacent to an activating group) is 1. The summed E-state index contributed by atoms with van der Waals surface area (Å²) in [4.78, 5) is 25.4. The molecule has 28 heavy (non-hydrogen) atoms. The predicted molar refractivity (Wildman–Crippen MR) is 94.6 cm³/mol. The van der Waals surface area contributed by atoms with Gasteiger partial charge in [0, 0.05) is 6.20 Å². The summed E-state index contributed by atoms with van der Waals surface area (Å²) in [6.45, 7) is 0.271. The second kappa shape index (κ2) is 9.63. The standard InChI is InChI=1S/C14H25N4O8P.Na.H/c1-18(2,3)6-7-25-27(23,24)13(21)11-9(19)10(20)12(26-11)17-5-4-8(15)16-14(17)22;;/h4-5,9-13,19-21H,6-7H2,1-3H3,(H2-,15,16,22,23,24);;/q;+1;-1/p+1/t9-,10+,11-,12+,13+;;/m0../s1. The van der Waals surface area contributed by atoms with Crippen LogP contribution in [-0.4, -0.2) is 92.7 Å². The zero-order chi connectivity index (χ0) is 20.6. The van der Waals surface area contributed by atoms with Crippen LogP contribution in [0, 0.1) is 0 Å². The Balaban J connectivity index is 0.00000392. The van der Waals surface area contributed by atoms with Crippen molar-refractivity contribution in [2.24, 2.45) is 0 Å². The molecule has 0 amide bonds. The molecule has 2 rings (SSSR count). The maximum absolute atomic E-state index is 12.3. The fourth-order valence-corrected chi connectivity index (χ4v) is 3.60. The van der Waals surface area contributed by atoms with Gasteiger partial charge < -0.3 is 41.1 Å². The van der Waals surface area contributed by atoms with Crippen molar-refractivity contribution >= 4 is 13.4 Å². The van der Waals surface area contributed by atoms with Crippen LogP contribution in [0.5, 0.6) is 0 Å². The molecule has 6 atom stereocenters. The second-order valence-electron chi connectivity index (χ2n) is 7.34. The van der Waals surface area contributed by atoms with Crippen molar-refractivity contribution < 1.29 is 69.5 Å². The number of nitrogens with two attached hydrogens (primary N) is 1. The van der Waals surface area contributed by atoms with Gasteiger partial charge in [0.05, 0.1) is 21.1 Å². The van der Waals surface area contributed by atoms with E-state index < -0.39 is 43.7 Å². The molecule has 1 saturated heterocycles. The molecule has 156 valence electrons. The van der Waals surface area contributed by atoms with Crippen molar-refractivity contribution in [3.63, 3.8) is 0 Å². The molecule has 0 aromatic carbocycles. The van der Waals surface area contributed by atoms with E-state index in [1.54, 1.807) is 0 Å². The molecule has 0 aliphatic carbocycles. The van der Waals surface area contributed by atoms with E-state index in [1.165, 1.54) is 12.3 Å². The number of hydrogen-bond acceptors (Lipinski definition) is 9. The Bertz CT molecular complexity index is 779. The van der Waals surface area contributed by atoms with Gasteiger partial charge in [-0.3, -0.25) is 9.13 Å². The zero-order valence-corrected chi connectivity index (χ0v) is 19.1. The van der Waals surface area contributed by atoms with E-state index in [-0.39, 0.29) is 43.4 Å². The molecule has 0 spiro atoms. The van der Waals surface area contributed by atoms with Gasteiger partial charge in [0.25, 0.3) is 0 Å². The minimum absolute atomic E-state index is 0. The van der Waals surface area contributed by atoms with Crippen molar-refractivity contribution in [1.82, 2.24) is 9.55 Å². The number of nitrogen functional groups attached to an aromatic ring is 1. The number of aliphatic hydroxyl groups excluding tert-OH is 3. The Hall–Kier alpha value is -0.370. The summed E-state index contributed by atoms with van der Waals surface area (Å²) < 4.78 is 23.8. The summed E-state index contributed by atoms with van der Waals surface area (Å²) in [6.07, 6.45) is -5.28. The van der Waals surface area contributed by atoms with Crippen molar-refractivity contribution in [1.29, 1.82) is 0 Å². The maximum Gasteiger partial charge on any atom is 1.00 e. The van der Waals surface area contributed by atoms with Gasteiger partial charge in [-0.2, -0.15) is 4.98 Å². The van der Waals surface area contributed by atoms with E-state index in [9.17, 15) is 29.6 Å². The fourth-order valence-electron chi connectivity index (χ4n) is 2.49. The summed E-state index contributed by atoms with van der Waals surface area (Å²) in [5, 5.41) is 30.5. The molecule has 1 aliphatic heterocycles. The topological polar surface area (TPSA) is 177 Å².